The van der Waals surface area contributed by atoms with E-state index in [1.54, 1.807) is 11.0 Å². The Balaban J connectivity index is 1.72. The first-order valence-corrected chi connectivity index (χ1v) is 12.2. The van der Waals surface area contributed by atoms with Gasteiger partial charge in [0.1, 0.15) is 23.9 Å². The highest BCUT2D eigenvalue weighted by Gasteiger charge is 2.22. The van der Waals surface area contributed by atoms with Gasteiger partial charge < -0.3 is 24.3 Å². The standard InChI is InChI=1S/C28H34FN3O4/c1-3-35-18-8-16-32(28(34)30-25-12-7-11-24(29)19-25)21-27(33)31(20-26-14-13-22(2)36-26)17-15-23-9-5-4-6-10-23/h4-7,9-14,19H,3,8,15-18,20-21H2,1-2H3,(H,30,34). The first-order chi connectivity index (χ1) is 17.4. The highest BCUT2D eigenvalue weighted by atomic mass is 19.1. The summed E-state index contributed by atoms with van der Waals surface area (Å²) < 4.78 is 24.7. The van der Waals surface area contributed by atoms with Crippen LogP contribution in [0.4, 0.5) is 14.9 Å². The lowest BCUT2D eigenvalue weighted by atomic mass is 10.1. The minimum atomic E-state index is -0.470. The van der Waals surface area contributed by atoms with E-state index in [2.05, 4.69) is 5.32 Å². The third kappa shape index (κ3) is 8.85. The van der Waals surface area contributed by atoms with Gasteiger partial charge in [0, 0.05) is 32.0 Å². The molecule has 0 aliphatic carbocycles. The predicted octanol–water partition coefficient (Wildman–Crippen LogP) is 5.26. The normalized spacial score (nSPS) is 10.8. The molecule has 0 saturated carbocycles. The molecule has 0 aliphatic heterocycles. The molecular weight excluding hydrogens is 461 g/mol. The van der Waals surface area contributed by atoms with Gasteiger partial charge in [-0.1, -0.05) is 36.4 Å². The van der Waals surface area contributed by atoms with Crippen molar-refractivity contribution in [2.45, 2.75) is 33.2 Å². The Labute approximate surface area is 211 Å². The Hall–Kier alpha value is -3.65. The van der Waals surface area contributed by atoms with E-state index < -0.39 is 11.8 Å². The van der Waals surface area contributed by atoms with Crippen LogP contribution in [0.25, 0.3) is 0 Å². The lowest BCUT2D eigenvalue weighted by Gasteiger charge is -2.27. The summed E-state index contributed by atoms with van der Waals surface area (Å²) in [6.07, 6.45) is 1.24. The van der Waals surface area contributed by atoms with E-state index >= 15 is 0 Å². The number of ether oxygens (including phenoxy) is 1. The summed E-state index contributed by atoms with van der Waals surface area (Å²) in [5.74, 6) is 0.798. The summed E-state index contributed by atoms with van der Waals surface area (Å²) in [4.78, 5) is 29.7. The van der Waals surface area contributed by atoms with Crippen LogP contribution in [0.2, 0.25) is 0 Å². The summed E-state index contributed by atoms with van der Waals surface area (Å²) in [6, 6.07) is 18.8. The van der Waals surface area contributed by atoms with Gasteiger partial charge in [0.05, 0.1) is 6.54 Å². The molecule has 2 aromatic carbocycles. The van der Waals surface area contributed by atoms with Gasteiger partial charge >= 0.3 is 6.03 Å². The van der Waals surface area contributed by atoms with E-state index in [1.807, 2.05) is 56.3 Å². The summed E-state index contributed by atoms with van der Waals surface area (Å²) in [5, 5.41) is 2.70. The van der Waals surface area contributed by atoms with Crippen LogP contribution >= 0.6 is 0 Å². The molecule has 0 atom stereocenters. The number of carbonyl (C=O) groups excluding carboxylic acids is 2. The van der Waals surface area contributed by atoms with Crippen LogP contribution in [0.1, 0.15) is 30.4 Å². The van der Waals surface area contributed by atoms with E-state index in [-0.39, 0.29) is 12.5 Å². The van der Waals surface area contributed by atoms with Crippen molar-refractivity contribution >= 4 is 17.6 Å². The molecule has 8 heteroatoms. The van der Waals surface area contributed by atoms with Crippen LogP contribution in [-0.2, 0) is 22.5 Å². The molecule has 3 aromatic rings. The summed E-state index contributed by atoms with van der Waals surface area (Å²) >= 11 is 0. The largest absolute Gasteiger partial charge is 0.464 e. The maximum atomic E-state index is 13.6. The monoisotopic (exact) mass is 495 g/mol. The zero-order valence-electron chi connectivity index (χ0n) is 20.9. The molecule has 1 N–H and O–H groups in total. The molecule has 36 heavy (non-hydrogen) atoms. The SMILES string of the molecule is CCOCCCN(CC(=O)N(CCc1ccccc1)Cc1ccc(C)o1)C(=O)Nc1cccc(F)c1. The Kier molecular flexibility index (Phi) is 10.5. The molecule has 0 fully saturated rings. The molecule has 0 unspecified atom stereocenters. The summed E-state index contributed by atoms with van der Waals surface area (Å²) in [5.41, 5.74) is 1.44. The van der Waals surface area contributed by atoms with Gasteiger partial charge in [0.25, 0.3) is 0 Å². The number of aryl methyl sites for hydroxylation is 1. The number of furan rings is 1. The number of halogens is 1. The van der Waals surface area contributed by atoms with E-state index in [9.17, 15) is 14.0 Å². The summed E-state index contributed by atoms with van der Waals surface area (Å²) in [6.45, 7) is 5.78. The van der Waals surface area contributed by atoms with Crippen molar-refractivity contribution in [3.8, 4) is 0 Å². The van der Waals surface area contributed by atoms with Gasteiger partial charge in [0.2, 0.25) is 5.91 Å². The second kappa shape index (κ2) is 14.0. The fourth-order valence-corrected chi connectivity index (χ4v) is 3.75. The van der Waals surface area contributed by atoms with Gasteiger partial charge in [-0.25, -0.2) is 9.18 Å². The number of nitrogens with zero attached hydrogens (tertiary/aromatic N) is 2. The van der Waals surface area contributed by atoms with Crippen LogP contribution in [-0.4, -0.2) is 54.6 Å². The first-order valence-electron chi connectivity index (χ1n) is 12.2. The van der Waals surface area contributed by atoms with Crippen LogP contribution < -0.4 is 5.32 Å². The molecule has 1 heterocycles. The molecule has 0 spiro atoms. The maximum Gasteiger partial charge on any atom is 0.322 e. The van der Waals surface area contributed by atoms with Gasteiger partial charge in [-0.2, -0.15) is 0 Å². The lowest BCUT2D eigenvalue weighted by Crippen LogP contribution is -2.45. The van der Waals surface area contributed by atoms with Gasteiger partial charge in [-0.3, -0.25) is 4.79 Å². The number of hydrogen-bond acceptors (Lipinski definition) is 4. The molecule has 0 aliphatic rings. The average Bonchev–Trinajstić information content (AvgIpc) is 3.28. The Morgan fingerprint density at radius 2 is 1.81 bits per heavy atom. The van der Waals surface area contributed by atoms with Crippen LogP contribution in [0.5, 0.6) is 0 Å². The quantitative estimate of drug-likeness (QED) is 0.328. The van der Waals surface area contributed by atoms with Crippen molar-refractivity contribution in [2.24, 2.45) is 0 Å². The van der Waals surface area contributed by atoms with Crippen LogP contribution in [0.3, 0.4) is 0 Å². The number of amides is 3. The molecule has 7 nitrogen and oxygen atoms in total. The van der Waals surface area contributed by atoms with E-state index in [4.69, 9.17) is 9.15 Å². The minimum absolute atomic E-state index is 0.123. The van der Waals surface area contributed by atoms with Crippen molar-refractivity contribution in [2.75, 3.05) is 38.2 Å². The zero-order chi connectivity index (χ0) is 25.8. The molecule has 0 saturated heterocycles. The van der Waals surface area contributed by atoms with E-state index in [0.29, 0.717) is 57.1 Å². The van der Waals surface area contributed by atoms with Crippen molar-refractivity contribution in [1.29, 1.82) is 0 Å². The number of hydrogen-bond donors (Lipinski definition) is 1. The Morgan fingerprint density at radius 3 is 2.50 bits per heavy atom. The summed E-state index contributed by atoms with van der Waals surface area (Å²) in [7, 11) is 0. The highest BCUT2D eigenvalue weighted by Crippen LogP contribution is 2.14. The van der Waals surface area contributed by atoms with Gasteiger partial charge in [-0.15, -0.1) is 0 Å². The van der Waals surface area contributed by atoms with E-state index in [0.717, 1.165) is 11.3 Å². The van der Waals surface area contributed by atoms with Gasteiger partial charge in [0.15, 0.2) is 0 Å². The fraction of sp³-hybridized carbons (Fsp3) is 0.357. The number of nitrogens with one attached hydrogen (secondary N) is 1. The van der Waals surface area contributed by atoms with Crippen molar-refractivity contribution in [3.63, 3.8) is 0 Å². The minimum Gasteiger partial charge on any atom is -0.464 e. The topological polar surface area (TPSA) is 75.0 Å². The average molecular weight is 496 g/mol. The predicted molar refractivity (Wildman–Crippen MR) is 137 cm³/mol. The number of anilines is 1. The molecule has 192 valence electrons. The lowest BCUT2D eigenvalue weighted by molar-refractivity contribution is -0.132. The van der Waals surface area contributed by atoms with Gasteiger partial charge in [-0.05, 0) is 62.6 Å². The van der Waals surface area contributed by atoms with Crippen molar-refractivity contribution < 1.29 is 23.1 Å². The van der Waals surface area contributed by atoms with Crippen molar-refractivity contribution in [1.82, 2.24) is 9.80 Å². The number of benzene rings is 2. The molecule has 1 aromatic heterocycles. The van der Waals surface area contributed by atoms with Crippen LogP contribution in [0.15, 0.2) is 71.1 Å². The molecular formula is C28H34FN3O4. The second-order valence-electron chi connectivity index (χ2n) is 8.48. The first kappa shape index (κ1) is 26.9. The highest BCUT2D eigenvalue weighted by molar-refractivity contribution is 5.92. The molecule has 3 amide bonds. The van der Waals surface area contributed by atoms with Crippen LogP contribution in [0, 0.1) is 12.7 Å². The fourth-order valence-electron chi connectivity index (χ4n) is 3.75. The molecule has 0 bridgehead atoms. The third-order valence-electron chi connectivity index (χ3n) is 5.62. The molecule has 0 radical (unpaired) electrons. The number of urea groups is 1. The number of rotatable bonds is 13. The van der Waals surface area contributed by atoms with Crippen molar-refractivity contribution in [3.05, 3.63) is 89.6 Å². The zero-order valence-corrected chi connectivity index (χ0v) is 20.9. The molecule has 3 rings (SSSR count). The Bertz CT molecular complexity index is 1100. The van der Waals surface area contributed by atoms with E-state index in [1.165, 1.54) is 23.1 Å². The maximum absolute atomic E-state index is 13.6. The smallest absolute Gasteiger partial charge is 0.322 e. The Morgan fingerprint density at radius 1 is 1.00 bits per heavy atom. The number of carbonyl (C=O) groups is 2. The third-order valence-corrected chi connectivity index (χ3v) is 5.62. The second-order valence-corrected chi connectivity index (χ2v) is 8.48.